The van der Waals surface area contributed by atoms with Crippen LogP contribution >= 0.6 is 0 Å². The standard InChI is InChI=1S/C8H6N4O2/c13-12(14)8-4-6-11(10-8)7-3-1-2-5-9-7/h1-6H. The van der Waals surface area contributed by atoms with Crippen LogP contribution in [0.1, 0.15) is 0 Å². The minimum Gasteiger partial charge on any atom is -0.358 e. The fourth-order valence-corrected chi connectivity index (χ4v) is 1.03. The van der Waals surface area contributed by atoms with E-state index < -0.39 is 4.92 Å². The minimum absolute atomic E-state index is 0.185. The van der Waals surface area contributed by atoms with Crippen LogP contribution in [-0.2, 0) is 0 Å². The molecule has 0 aliphatic rings. The van der Waals surface area contributed by atoms with E-state index in [1.165, 1.54) is 16.9 Å². The second-order valence-corrected chi connectivity index (χ2v) is 2.56. The summed E-state index contributed by atoms with van der Waals surface area (Å²) < 4.78 is 1.36. The number of aromatic nitrogens is 3. The fraction of sp³-hybridized carbons (Fsp3) is 0. The van der Waals surface area contributed by atoms with E-state index in [1.54, 1.807) is 24.4 Å². The molecule has 0 saturated carbocycles. The molecule has 2 rings (SSSR count). The van der Waals surface area contributed by atoms with Gasteiger partial charge in [-0.3, -0.25) is 0 Å². The maximum atomic E-state index is 10.4. The molecule has 0 saturated heterocycles. The molecule has 0 fully saturated rings. The topological polar surface area (TPSA) is 73.8 Å². The van der Waals surface area contributed by atoms with Gasteiger partial charge in [0.15, 0.2) is 5.82 Å². The van der Waals surface area contributed by atoms with E-state index in [2.05, 4.69) is 10.1 Å². The van der Waals surface area contributed by atoms with E-state index in [-0.39, 0.29) is 5.82 Å². The SMILES string of the molecule is O=[N+]([O-])c1ccn(-c2ccccn2)n1. The van der Waals surface area contributed by atoms with Crippen LogP contribution in [0.15, 0.2) is 36.7 Å². The molecular weight excluding hydrogens is 184 g/mol. The van der Waals surface area contributed by atoms with E-state index in [9.17, 15) is 10.1 Å². The van der Waals surface area contributed by atoms with E-state index in [0.29, 0.717) is 5.82 Å². The summed E-state index contributed by atoms with van der Waals surface area (Å²) in [7, 11) is 0. The molecule has 0 radical (unpaired) electrons. The average molecular weight is 190 g/mol. The zero-order chi connectivity index (χ0) is 9.97. The van der Waals surface area contributed by atoms with Gasteiger partial charge < -0.3 is 10.1 Å². The van der Waals surface area contributed by atoms with Crippen molar-refractivity contribution >= 4 is 5.82 Å². The maximum absolute atomic E-state index is 10.4. The van der Waals surface area contributed by atoms with Gasteiger partial charge in [-0.1, -0.05) is 6.07 Å². The highest BCUT2D eigenvalue weighted by Crippen LogP contribution is 2.08. The van der Waals surface area contributed by atoms with Crippen molar-refractivity contribution in [2.75, 3.05) is 0 Å². The molecule has 0 spiro atoms. The molecule has 0 bridgehead atoms. The monoisotopic (exact) mass is 190 g/mol. The van der Waals surface area contributed by atoms with Crippen molar-refractivity contribution in [2.45, 2.75) is 0 Å². The first-order valence-corrected chi connectivity index (χ1v) is 3.89. The molecule has 2 aromatic rings. The van der Waals surface area contributed by atoms with Crippen LogP contribution in [0.3, 0.4) is 0 Å². The van der Waals surface area contributed by atoms with Gasteiger partial charge in [0.1, 0.15) is 0 Å². The Hall–Kier alpha value is -2.24. The van der Waals surface area contributed by atoms with Gasteiger partial charge in [-0.2, -0.15) is 0 Å². The summed E-state index contributed by atoms with van der Waals surface area (Å²) in [6, 6.07) is 6.60. The van der Waals surface area contributed by atoms with Crippen LogP contribution in [0.5, 0.6) is 0 Å². The molecule has 0 aliphatic carbocycles. The Bertz CT molecular complexity index is 451. The Labute approximate surface area is 79.0 Å². The fourth-order valence-electron chi connectivity index (χ4n) is 1.03. The number of hydrogen-bond donors (Lipinski definition) is 0. The van der Waals surface area contributed by atoms with Crippen molar-refractivity contribution in [3.8, 4) is 5.82 Å². The van der Waals surface area contributed by atoms with Crippen molar-refractivity contribution in [2.24, 2.45) is 0 Å². The number of hydrogen-bond acceptors (Lipinski definition) is 4. The highest BCUT2D eigenvalue weighted by atomic mass is 16.6. The van der Waals surface area contributed by atoms with Crippen LogP contribution in [0.2, 0.25) is 0 Å². The third-order valence-corrected chi connectivity index (χ3v) is 1.65. The van der Waals surface area contributed by atoms with E-state index in [4.69, 9.17) is 0 Å². The predicted octanol–water partition coefficient (Wildman–Crippen LogP) is 1.18. The summed E-state index contributed by atoms with van der Waals surface area (Å²) in [6.07, 6.45) is 3.10. The average Bonchev–Trinajstić information content (AvgIpc) is 2.68. The van der Waals surface area contributed by atoms with Gasteiger partial charge in [0.2, 0.25) is 0 Å². The van der Waals surface area contributed by atoms with Crippen molar-refractivity contribution in [1.82, 2.24) is 14.8 Å². The number of nitrogens with zero attached hydrogens (tertiary/aromatic N) is 4. The van der Waals surface area contributed by atoms with Crippen LogP contribution in [0.4, 0.5) is 5.82 Å². The van der Waals surface area contributed by atoms with Crippen molar-refractivity contribution in [3.63, 3.8) is 0 Å². The van der Waals surface area contributed by atoms with Crippen LogP contribution in [0, 0.1) is 10.1 Å². The Balaban J connectivity index is 2.39. The zero-order valence-electron chi connectivity index (χ0n) is 7.07. The van der Waals surface area contributed by atoms with Gasteiger partial charge in [0, 0.05) is 6.20 Å². The predicted molar refractivity (Wildman–Crippen MR) is 48.0 cm³/mol. The van der Waals surface area contributed by atoms with Crippen LogP contribution in [0.25, 0.3) is 5.82 Å². The Morgan fingerprint density at radius 3 is 2.79 bits per heavy atom. The molecule has 6 nitrogen and oxygen atoms in total. The van der Waals surface area contributed by atoms with E-state index >= 15 is 0 Å². The van der Waals surface area contributed by atoms with Gasteiger partial charge in [0.05, 0.1) is 17.4 Å². The van der Waals surface area contributed by atoms with Crippen molar-refractivity contribution in [3.05, 3.63) is 46.8 Å². The van der Waals surface area contributed by atoms with Crippen LogP contribution in [-0.4, -0.2) is 19.7 Å². The Morgan fingerprint density at radius 1 is 1.36 bits per heavy atom. The number of rotatable bonds is 2. The Morgan fingerprint density at radius 2 is 2.21 bits per heavy atom. The molecule has 2 aromatic heterocycles. The first-order valence-electron chi connectivity index (χ1n) is 3.89. The van der Waals surface area contributed by atoms with Gasteiger partial charge in [-0.05, 0) is 17.1 Å². The molecule has 14 heavy (non-hydrogen) atoms. The first kappa shape index (κ1) is 8.36. The van der Waals surface area contributed by atoms with Crippen molar-refractivity contribution in [1.29, 1.82) is 0 Å². The van der Waals surface area contributed by atoms with Gasteiger partial charge >= 0.3 is 5.82 Å². The second kappa shape index (κ2) is 3.25. The third-order valence-electron chi connectivity index (χ3n) is 1.65. The summed E-state index contributed by atoms with van der Waals surface area (Å²) >= 11 is 0. The lowest BCUT2D eigenvalue weighted by molar-refractivity contribution is -0.389. The lowest BCUT2D eigenvalue weighted by atomic mass is 10.5. The lowest BCUT2D eigenvalue weighted by Crippen LogP contribution is -1.98. The highest BCUT2D eigenvalue weighted by molar-refractivity contribution is 5.24. The Kier molecular flexibility index (Phi) is 1.94. The highest BCUT2D eigenvalue weighted by Gasteiger charge is 2.11. The summed E-state index contributed by atoms with van der Waals surface area (Å²) in [5, 5.41) is 14.1. The molecular formula is C8H6N4O2. The second-order valence-electron chi connectivity index (χ2n) is 2.56. The molecule has 0 amide bonds. The largest absolute Gasteiger partial charge is 0.390 e. The summed E-state index contributed by atoms with van der Waals surface area (Å²) in [6.45, 7) is 0. The molecule has 70 valence electrons. The summed E-state index contributed by atoms with van der Waals surface area (Å²) in [4.78, 5) is 13.8. The summed E-state index contributed by atoms with van der Waals surface area (Å²) in [5.74, 6) is 0.372. The zero-order valence-corrected chi connectivity index (χ0v) is 7.07. The number of pyridine rings is 1. The molecule has 0 N–H and O–H groups in total. The minimum atomic E-state index is -0.542. The number of nitro groups is 1. The van der Waals surface area contributed by atoms with E-state index in [1.807, 2.05) is 0 Å². The maximum Gasteiger partial charge on any atom is 0.390 e. The van der Waals surface area contributed by atoms with Crippen molar-refractivity contribution < 1.29 is 4.92 Å². The lowest BCUT2D eigenvalue weighted by Gasteiger charge is -1.92. The normalized spacial score (nSPS) is 10.0. The first-order chi connectivity index (χ1) is 6.77. The molecule has 6 heteroatoms. The summed E-state index contributed by atoms with van der Waals surface area (Å²) in [5.41, 5.74) is 0. The van der Waals surface area contributed by atoms with Gasteiger partial charge in [0.25, 0.3) is 0 Å². The van der Waals surface area contributed by atoms with E-state index in [0.717, 1.165) is 0 Å². The molecule has 0 aromatic carbocycles. The molecule has 0 atom stereocenters. The molecule has 2 heterocycles. The van der Waals surface area contributed by atoms with Crippen LogP contribution < -0.4 is 0 Å². The quantitative estimate of drug-likeness (QED) is 0.526. The third kappa shape index (κ3) is 1.45. The molecule has 0 unspecified atom stereocenters. The smallest absolute Gasteiger partial charge is 0.358 e. The van der Waals surface area contributed by atoms with Gasteiger partial charge in [-0.15, -0.1) is 4.68 Å². The molecule has 0 aliphatic heterocycles. The van der Waals surface area contributed by atoms with Gasteiger partial charge in [-0.25, -0.2) is 4.98 Å².